The summed E-state index contributed by atoms with van der Waals surface area (Å²) >= 11 is 5.81. The Kier molecular flexibility index (Phi) is 3.19. The van der Waals surface area contributed by atoms with Crippen LogP contribution in [0.4, 0.5) is 0 Å². The molecule has 0 unspecified atom stereocenters. The third-order valence-electron chi connectivity index (χ3n) is 2.55. The number of ether oxygens (including phenoxy) is 1. The summed E-state index contributed by atoms with van der Waals surface area (Å²) in [6, 6.07) is 0. The third-order valence-corrected chi connectivity index (χ3v) is 2.81. The van der Waals surface area contributed by atoms with Crippen molar-refractivity contribution in [1.82, 2.24) is 9.97 Å². The van der Waals surface area contributed by atoms with E-state index in [1.54, 1.807) is 12.4 Å². The van der Waals surface area contributed by atoms with Crippen LogP contribution in [0.15, 0.2) is 12.4 Å². The minimum Gasteiger partial charge on any atom is -0.475 e. The standard InChI is InChI=1S/C10H13ClN2O/c11-9-10(13-6-5-12-9)14-7-8-3-1-2-4-8/h5-6,8H,1-4,7H2. The Hall–Kier alpha value is -0.830. The molecule has 2 rings (SSSR count). The van der Waals surface area contributed by atoms with Gasteiger partial charge in [-0.2, -0.15) is 0 Å². The lowest BCUT2D eigenvalue weighted by molar-refractivity contribution is 0.243. The molecule has 1 aromatic heterocycles. The van der Waals surface area contributed by atoms with Crippen LogP contribution < -0.4 is 4.74 Å². The lowest BCUT2D eigenvalue weighted by Gasteiger charge is -2.10. The van der Waals surface area contributed by atoms with E-state index in [-0.39, 0.29) is 0 Å². The highest BCUT2D eigenvalue weighted by atomic mass is 35.5. The monoisotopic (exact) mass is 212 g/mol. The highest BCUT2D eigenvalue weighted by molar-refractivity contribution is 6.30. The van der Waals surface area contributed by atoms with Crippen LogP contribution in [0.1, 0.15) is 25.7 Å². The van der Waals surface area contributed by atoms with E-state index in [4.69, 9.17) is 16.3 Å². The first-order chi connectivity index (χ1) is 6.86. The van der Waals surface area contributed by atoms with Crippen molar-refractivity contribution in [3.8, 4) is 5.88 Å². The maximum absolute atomic E-state index is 5.81. The van der Waals surface area contributed by atoms with Gasteiger partial charge < -0.3 is 4.74 Å². The largest absolute Gasteiger partial charge is 0.475 e. The molecule has 1 aliphatic rings. The fraction of sp³-hybridized carbons (Fsp3) is 0.600. The van der Waals surface area contributed by atoms with Gasteiger partial charge in [0.25, 0.3) is 5.88 Å². The summed E-state index contributed by atoms with van der Waals surface area (Å²) in [6.45, 7) is 0.721. The van der Waals surface area contributed by atoms with Gasteiger partial charge in [0.1, 0.15) is 0 Å². The quantitative estimate of drug-likeness (QED) is 0.773. The average molecular weight is 213 g/mol. The number of halogens is 1. The molecule has 0 bridgehead atoms. The predicted octanol–water partition coefficient (Wildman–Crippen LogP) is 2.70. The molecule has 0 radical (unpaired) electrons. The van der Waals surface area contributed by atoms with Crippen LogP contribution in [-0.4, -0.2) is 16.6 Å². The Morgan fingerprint density at radius 3 is 2.71 bits per heavy atom. The summed E-state index contributed by atoms with van der Waals surface area (Å²) < 4.78 is 5.52. The van der Waals surface area contributed by atoms with Gasteiger partial charge >= 0.3 is 0 Å². The number of hydrogen-bond donors (Lipinski definition) is 0. The maximum atomic E-state index is 5.81. The predicted molar refractivity (Wildman–Crippen MR) is 54.5 cm³/mol. The molecule has 76 valence electrons. The van der Waals surface area contributed by atoms with Crippen LogP contribution in [0.2, 0.25) is 5.15 Å². The number of nitrogens with zero attached hydrogens (tertiary/aromatic N) is 2. The van der Waals surface area contributed by atoms with Crippen LogP contribution in [0.25, 0.3) is 0 Å². The molecule has 0 amide bonds. The van der Waals surface area contributed by atoms with Crippen molar-refractivity contribution in [2.75, 3.05) is 6.61 Å². The highest BCUT2D eigenvalue weighted by Gasteiger charge is 2.16. The van der Waals surface area contributed by atoms with E-state index in [1.807, 2.05) is 0 Å². The molecule has 0 saturated heterocycles. The summed E-state index contributed by atoms with van der Waals surface area (Å²) in [4.78, 5) is 7.92. The van der Waals surface area contributed by atoms with Gasteiger partial charge in [-0.15, -0.1) is 0 Å². The summed E-state index contributed by atoms with van der Waals surface area (Å²) in [6.07, 6.45) is 8.32. The zero-order chi connectivity index (χ0) is 9.80. The molecule has 1 aliphatic carbocycles. The summed E-state index contributed by atoms with van der Waals surface area (Å²) in [7, 11) is 0. The van der Waals surface area contributed by atoms with Gasteiger partial charge in [-0.25, -0.2) is 9.97 Å². The van der Waals surface area contributed by atoms with E-state index < -0.39 is 0 Å². The van der Waals surface area contributed by atoms with E-state index >= 15 is 0 Å². The Labute approximate surface area is 88.5 Å². The molecule has 1 fully saturated rings. The van der Waals surface area contributed by atoms with Crippen molar-refractivity contribution in [2.24, 2.45) is 5.92 Å². The molecule has 14 heavy (non-hydrogen) atoms. The Balaban J connectivity index is 1.88. The smallest absolute Gasteiger partial charge is 0.252 e. The fourth-order valence-electron chi connectivity index (χ4n) is 1.78. The van der Waals surface area contributed by atoms with E-state index in [0.717, 1.165) is 6.61 Å². The van der Waals surface area contributed by atoms with E-state index in [9.17, 15) is 0 Å². The Morgan fingerprint density at radius 2 is 2.00 bits per heavy atom. The van der Waals surface area contributed by atoms with Gasteiger partial charge in [0.15, 0.2) is 5.15 Å². The van der Waals surface area contributed by atoms with Crippen molar-refractivity contribution in [2.45, 2.75) is 25.7 Å². The van der Waals surface area contributed by atoms with E-state index in [0.29, 0.717) is 17.0 Å². The molecule has 0 atom stereocenters. The number of aromatic nitrogens is 2. The van der Waals surface area contributed by atoms with Crippen molar-refractivity contribution < 1.29 is 4.74 Å². The lowest BCUT2D eigenvalue weighted by atomic mass is 10.1. The first-order valence-electron chi connectivity index (χ1n) is 4.95. The molecular formula is C10H13ClN2O. The molecule has 0 N–H and O–H groups in total. The van der Waals surface area contributed by atoms with Gasteiger partial charge in [-0.05, 0) is 18.8 Å². The van der Waals surface area contributed by atoms with Crippen LogP contribution >= 0.6 is 11.6 Å². The second-order valence-electron chi connectivity index (χ2n) is 3.61. The maximum Gasteiger partial charge on any atom is 0.252 e. The van der Waals surface area contributed by atoms with Gasteiger partial charge in [0.05, 0.1) is 6.61 Å². The zero-order valence-corrected chi connectivity index (χ0v) is 8.70. The van der Waals surface area contributed by atoms with Crippen LogP contribution in [0.3, 0.4) is 0 Å². The van der Waals surface area contributed by atoms with Crippen molar-refractivity contribution in [3.05, 3.63) is 17.5 Å². The lowest BCUT2D eigenvalue weighted by Crippen LogP contribution is -2.09. The van der Waals surface area contributed by atoms with Crippen molar-refractivity contribution in [3.63, 3.8) is 0 Å². The van der Waals surface area contributed by atoms with Gasteiger partial charge in [0.2, 0.25) is 0 Å². The number of hydrogen-bond acceptors (Lipinski definition) is 3. The van der Waals surface area contributed by atoms with Gasteiger partial charge in [-0.1, -0.05) is 24.4 Å². The minimum absolute atomic E-state index is 0.352. The molecule has 1 heterocycles. The van der Waals surface area contributed by atoms with Crippen molar-refractivity contribution >= 4 is 11.6 Å². The molecular weight excluding hydrogens is 200 g/mol. The Bertz CT molecular complexity index is 300. The molecule has 1 saturated carbocycles. The van der Waals surface area contributed by atoms with Crippen LogP contribution in [0.5, 0.6) is 5.88 Å². The second kappa shape index (κ2) is 4.60. The summed E-state index contributed by atoms with van der Waals surface area (Å²) in [5.41, 5.74) is 0. The van der Waals surface area contributed by atoms with Gasteiger partial charge in [-0.3, -0.25) is 0 Å². The van der Waals surface area contributed by atoms with Crippen molar-refractivity contribution in [1.29, 1.82) is 0 Å². The topological polar surface area (TPSA) is 35.0 Å². The Morgan fingerprint density at radius 1 is 1.29 bits per heavy atom. The van der Waals surface area contributed by atoms with E-state index in [2.05, 4.69) is 9.97 Å². The summed E-state index contributed by atoms with van der Waals surface area (Å²) in [5.74, 6) is 1.13. The van der Waals surface area contributed by atoms with Crippen LogP contribution in [-0.2, 0) is 0 Å². The zero-order valence-electron chi connectivity index (χ0n) is 7.95. The molecule has 0 aliphatic heterocycles. The van der Waals surface area contributed by atoms with Gasteiger partial charge in [0, 0.05) is 12.4 Å². The molecule has 3 nitrogen and oxygen atoms in total. The summed E-state index contributed by atoms with van der Waals surface area (Å²) in [5, 5.41) is 0.352. The normalized spacial score (nSPS) is 17.2. The second-order valence-corrected chi connectivity index (χ2v) is 3.97. The highest BCUT2D eigenvalue weighted by Crippen LogP contribution is 2.26. The fourth-order valence-corrected chi connectivity index (χ4v) is 1.94. The SMILES string of the molecule is Clc1nccnc1OCC1CCCC1. The molecule has 4 heteroatoms. The molecule has 1 aromatic rings. The molecule has 0 spiro atoms. The van der Waals surface area contributed by atoms with E-state index in [1.165, 1.54) is 25.7 Å². The van der Waals surface area contributed by atoms with Crippen LogP contribution in [0, 0.1) is 5.92 Å². The first kappa shape index (κ1) is 9.71. The number of rotatable bonds is 3. The minimum atomic E-state index is 0.352. The average Bonchev–Trinajstić information content (AvgIpc) is 2.69. The first-order valence-corrected chi connectivity index (χ1v) is 5.33. The molecule has 0 aromatic carbocycles. The third kappa shape index (κ3) is 2.35.